The van der Waals surface area contributed by atoms with Crippen LogP contribution in [0.2, 0.25) is 0 Å². The zero-order valence-corrected chi connectivity index (χ0v) is 15.7. The van der Waals surface area contributed by atoms with Gasteiger partial charge in [0.1, 0.15) is 17.9 Å². The zero-order chi connectivity index (χ0) is 18.8. The molecule has 27 heavy (non-hydrogen) atoms. The van der Waals surface area contributed by atoms with E-state index in [4.69, 9.17) is 14.9 Å². The maximum atomic E-state index is 11.4. The van der Waals surface area contributed by atoms with E-state index in [1.807, 2.05) is 35.7 Å². The molecule has 0 fully saturated rings. The molecule has 0 bridgehead atoms. The van der Waals surface area contributed by atoms with Gasteiger partial charge in [0, 0.05) is 10.9 Å². The number of furan rings is 1. The summed E-state index contributed by atoms with van der Waals surface area (Å²) >= 11 is 1.34. The second-order valence-corrected chi connectivity index (χ2v) is 7.21. The number of carbonyl (C=O) groups is 1. The average molecular weight is 377 g/mol. The van der Waals surface area contributed by atoms with Crippen molar-refractivity contribution in [2.24, 2.45) is 5.73 Å². The second kappa shape index (κ2) is 7.29. The minimum absolute atomic E-state index is 0.419. The van der Waals surface area contributed by atoms with Crippen molar-refractivity contribution in [1.29, 1.82) is 0 Å². The number of thiophene rings is 1. The second-order valence-electron chi connectivity index (χ2n) is 6.30. The van der Waals surface area contributed by atoms with Crippen molar-refractivity contribution in [3.05, 3.63) is 76.2 Å². The third kappa shape index (κ3) is 3.46. The first-order valence-electron chi connectivity index (χ1n) is 8.75. The minimum Gasteiger partial charge on any atom is -0.489 e. The molecule has 0 atom stereocenters. The molecule has 5 heteroatoms. The van der Waals surface area contributed by atoms with Gasteiger partial charge in [-0.25, -0.2) is 0 Å². The number of amides is 1. The van der Waals surface area contributed by atoms with Crippen LogP contribution in [-0.4, -0.2) is 5.91 Å². The summed E-state index contributed by atoms with van der Waals surface area (Å²) < 4.78 is 11.7. The molecule has 136 valence electrons. The molecule has 2 heterocycles. The predicted molar refractivity (Wildman–Crippen MR) is 108 cm³/mol. The molecule has 0 saturated carbocycles. The summed E-state index contributed by atoms with van der Waals surface area (Å²) in [4.78, 5) is 12.0. The number of primary amides is 1. The molecule has 0 aliphatic carbocycles. The van der Waals surface area contributed by atoms with Crippen molar-refractivity contribution in [1.82, 2.24) is 0 Å². The molecule has 2 N–H and O–H groups in total. The number of carbonyl (C=O) groups excluding carboxylic acids is 1. The first-order valence-corrected chi connectivity index (χ1v) is 9.63. The highest BCUT2D eigenvalue weighted by molar-refractivity contribution is 7.12. The summed E-state index contributed by atoms with van der Waals surface area (Å²) in [7, 11) is 0. The van der Waals surface area contributed by atoms with Crippen LogP contribution < -0.4 is 10.5 Å². The van der Waals surface area contributed by atoms with Crippen LogP contribution in [0.1, 0.15) is 27.7 Å². The maximum absolute atomic E-state index is 11.4. The first kappa shape index (κ1) is 17.4. The number of para-hydroxylation sites is 1. The van der Waals surface area contributed by atoms with Crippen LogP contribution in [0.15, 0.2) is 64.6 Å². The Balaban J connectivity index is 1.68. The van der Waals surface area contributed by atoms with E-state index in [1.165, 1.54) is 16.9 Å². The number of nitrogens with two attached hydrogens (primary N) is 1. The van der Waals surface area contributed by atoms with Crippen molar-refractivity contribution in [2.45, 2.75) is 20.0 Å². The number of rotatable bonds is 6. The maximum Gasteiger partial charge on any atom is 0.258 e. The van der Waals surface area contributed by atoms with E-state index in [1.54, 1.807) is 12.3 Å². The Bertz CT molecular complexity index is 1110. The molecule has 0 radical (unpaired) electrons. The van der Waals surface area contributed by atoms with Crippen LogP contribution in [-0.2, 0) is 13.0 Å². The van der Waals surface area contributed by atoms with Crippen LogP contribution in [0.3, 0.4) is 0 Å². The third-order valence-electron chi connectivity index (χ3n) is 4.51. The summed E-state index contributed by atoms with van der Waals surface area (Å²) in [5, 5.41) is 2.93. The molecule has 4 aromatic rings. The number of aryl methyl sites for hydroxylation is 1. The molecule has 1 amide bonds. The van der Waals surface area contributed by atoms with Gasteiger partial charge in [0.2, 0.25) is 0 Å². The molecule has 4 nitrogen and oxygen atoms in total. The van der Waals surface area contributed by atoms with Crippen LogP contribution in [0, 0.1) is 0 Å². The Kier molecular flexibility index (Phi) is 4.69. The number of benzene rings is 2. The van der Waals surface area contributed by atoms with Crippen LogP contribution in [0.25, 0.3) is 22.1 Å². The van der Waals surface area contributed by atoms with Crippen molar-refractivity contribution in [2.75, 3.05) is 0 Å². The van der Waals surface area contributed by atoms with Gasteiger partial charge >= 0.3 is 0 Å². The summed E-state index contributed by atoms with van der Waals surface area (Å²) in [6, 6.07) is 15.9. The van der Waals surface area contributed by atoms with Gasteiger partial charge in [-0.05, 0) is 58.8 Å². The summed E-state index contributed by atoms with van der Waals surface area (Å²) in [6.07, 6.45) is 2.60. The fourth-order valence-corrected chi connectivity index (χ4v) is 3.91. The summed E-state index contributed by atoms with van der Waals surface area (Å²) in [6.45, 7) is 2.57. The smallest absolute Gasteiger partial charge is 0.258 e. The minimum atomic E-state index is -0.419. The van der Waals surface area contributed by atoms with Gasteiger partial charge < -0.3 is 14.9 Å². The monoisotopic (exact) mass is 377 g/mol. The van der Waals surface area contributed by atoms with Crippen LogP contribution in [0.4, 0.5) is 0 Å². The number of hydrogen-bond donors (Lipinski definition) is 1. The molecule has 0 unspecified atom stereocenters. The van der Waals surface area contributed by atoms with Gasteiger partial charge in [-0.2, -0.15) is 0 Å². The Hall–Kier alpha value is -3.05. The van der Waals surface area contributed by atoms with Crippen molar-refractivity contribution in [3.63, 3.8) is 0 Å². The highest BCUT2D eigenvalue weighted by Gasteiger charge is 2.13. The van der Waals surface area contributed by atoms with Gasteiger partial charge in [-0.1, -0.05) is 25.1 Å². The molecule has 0 saturated heterocycles. The van der Waals surface area contributed by atoms with Crippen LogP contribution in [0.5, 0.6) is 5.75 Å². The normalized spacial score (nSPS) is 11.0. The molecule has 4 rings (SSSR count). The van der Waals surface area contributed by atoms with E-state index >= 15 is 0 Å². The average Bonchev–Trinajstić information content (AvgIpc) is 3.35. The Labute approximate surface area is 161 Å². The lowest BCUT2D eigenvalue weighted by Gasteiger charge is -2.11. The number of hydrogen-bond acceptors (Lipinski definition) is 4. The lowest BCUT2D eigenvalue weighted by Crippen LogP contribution is -2.08. The number of ether oxygens (including phenoxy) is 1. The Morgan fingerprint density at radius 2 is 2.04 bits per heavy atom. The molecule has 0 spiro atoms. The van der Waals surface area contributed by atoms with E-state index in [0.29, 0.717) is 11.5 Å². The predicted octanol–water partition coefficient (Wildman–Crippen LogP) is 5.40. The Morgan fingerprint density at radius 1 is 1.19 bits per heavy atom. The van der Waals surface area contributed by atoms with E-state index in [9.17, 15) is 4.79 Å². The fourth-order valence-electron chi connectivity index (χ4n) is 3.15. The lowest BCUT2D eigenvalue weighted by molar-refractivity contribution is 0.100. The van der Waals surface area contributed by atoms with Gasteiger partial charge in [0.15, 0.2) is 0 Å². The third-order valence-corrected chi connectivity index (χ3v) is 5.46. The molecule has 2 aromatic carbocycles. The van der Waals surface area contributed by atoms with Crippen molar-refractivity contribution >= 4 is 28.2 Å². The fraction of sp³-hybridized carbons (Fsp3) is 0.136. The highest BCUT2D eigenvalue weighted by Crippen LogP contribution is 2.34. The molecule has 2 aromatic heterocycles. The zero-order valence-electron chi connectivity index (χ0n) is 14.9. The van der Waals surface area contributed by atoms with Crippen molar-refractivity contribution < 1.29 is 13.9 Å². The summed E-state index contributed by atoms with van der Waals surface area (Å²) in [5.41, 5.74) is 10.3. The van der Waals surface area contributed by atoms with Gasteiger partial charge in [0.25, 0.3) is 5.91 Å². The van der Waals surface area contributed by atoms with Crippen LogP contribution >= 0.6 is 11.3 Å². The molecule has 0 aliphatic rings. The highest BCUT2D eigenvalue weighted by atomic mass is 32.1. The molecule has 0 aliphatic heterocycles. The van der Waals surface area contributed by atoms with Gasteiger partial charge in [-0.15, -0.1) is 11.3 Å². The quantitative estimate of drug-likeness (QED) is 0.489. The standard InChI is InChI=1S/C22H19NO3S/c1-2-15-5-3-4-6-19(15)26-12-14-9-16-7-8-25-21(16)18(10-14)17-11-20(22(23)24)27-13-17/h3-11,13H,2,12H2,1H3,(H2,23,24). The molecular formula is C22H19NO3S. The lowest BCUT2D eigenvalue weighted by atomic mass is 10.0. The van der Waals surface area contributed by atoms with E-state index < -0.39 is 5.91 Å². The van der Waals surface area contributed by atoms with Gasteiger partial charge in [-0.3, -0.25) is 4.79 Å². The van der Waals surface area contributed by atoms with E-state index in [2.05, 4.69) is 19.1 Å². The largest absolute Gasteiger partial charge is 0.489 e. The SMILES string of the molecule is CCc1ccccc1OCc1cc(-c2csc(C(N)=O)c2)c2occc2c1. The molecular weight excluding hydrogens is 358 g/mol. The number of fused-ring (bicyclic) bond motifs is 1. The van der Waals surface area contributed by atoms with E-state index in [-0.39, 0.29) is 0 Å². The van der Waals surface area contributed by atoms with E-state index in [0.717, 1.165) is 39.8 Å². The topological polar surface area (TPSA) is 65.5 Å². The Morgan fingerprint density at radius 3 is 2.81 bits per heavy atom. The first-order chi connectivity index (χ1) is 13.2. The van der Waals surface area contributed by atoms with Crippen molar-refractivity contribution in [3.8, 4) is 16.9 Å². The summed E-state index contributed by atoms with van der Waals surface area (Å²) in [5.74, 6) is 0.484. The van der Waals surface area contributed by atoms with Gasteiger partial charge in [0.05, 0.1) is 11.1 Å².